The van der Waals surface area contributed by atoms with Gasteiger partial charge in [-0.05, 0) is 19.9 Å². The first-order valence-corrected chi connectivity index (χ1v) is 7.28. The van der Waals surface area contributed by atoms with E-state index in [9.17, 15) is 0 Å². The minimum absolute atomic E-state index is 0.0463. The number of benzene rings is 1. The molecule has 0 aliphatic rings. The van der Waals surface area contributed by atoms with Gasteiger partial charge in [-0.15, -0.1) is 0 Å². The molecule has 1 atom stereocenters. The molecule has 1 aromatic carbocycles. The van der Waals surface area contributed by atoms with Gasteiger partial charge in [0.1, 0.15) is 12.4 Å². The smallest absolute Gasteiger partial charge is 0.124 e. The van der Waals surface area contributed by atoms with Crippen LogP contribution < -0.4 is 10.5 Å². The summed E-state index contributed by atoms with van der Waals surface area (Å²) >= 11 is 0. The summed E-state index contributed by atoms with van der Waals surface area (Å²) in [5.41, 5.74) is 8.16. The Hall–Kier alpha value is -1.14. The van der Waals surface area contributed by atoms with Crippen molar-refractivity contribution in [1.29, 1.82) is 0 Å². The molecule has 2 N–H and O–H groups in total. The monoisotopic (exact) mass is 297 g/mol. The second-order valence-electron chi connectivity index (χ2n) is 4.90. The SMILES string of the molecule is COCCOCCOCCOc1ccc(C)cc1C(C)N. The van der Waals surface area contributed by atoms with Gasteiger partial charge in [0, 0.05) is 18.7 Å². The molecular formula is C16H27NO4. The molecule has 0 heterocycles. The summed E-state index contributed by atoms with van der Waals surface area (Å²) in [6.07, 6.45) is 0. The third-order valence-electron chi connectivity index (χ3n) is 2.94. The molecular weight excluding hydrogens is 270 g/mol. The lowest BCUT2D eigenvalue weighted by Gasteiger charge is -2.15. The Bertz CT molecular complexity index is 396. The van der Waals surface area contributed by atoms with Gasteiger partial charge in [0.2, 0.25) is 0 Å². The fraction of sp³-hybridized carbons (Fsp3) is 0.625. The van der Waals surface area contributed by atoms with Crippen LogP contribution in [0.25, 0.3) is 0 Å². The van der Waals surface area contributed by atoms with Crippen LogP contribution in [0.3, 0.4) is 0 Å². The highest BCUT2D eigenvalue weighted by molar-refractivity contribution is 5.38. The summed E-state index contributed by atoms with van der Waals surface area (Å²) < 4.78 is 21.3. The Balaban J connectivity index is 2.18. The van der Waals surface area contributed by atoms with Gasteiger partial charge in [-0.2, -0.15) is 0 Å². The third-order valence-corrected chi connectivity index (χ3v) is 2.94. The fourth-order valence-corrected chi connectivity index (χ4v) is 1.83. The van der Waals surface area contributed by atoms with Gasteiger partial charge >= 0.3 is 0 Å². The van der Waals surface area contributed by atoms with E-state index in [1.165, 1.54) is 5.56 Å². The van der Waals surface area contributed by atoms with Crippen molar-refractivity contribution in [2.24, 2.45) is 5.73 Å². The molecule has 1 aromatic rings. The van der Waals surface area contributed by atoms with Crippen LogP contribution in [0.1, 0.15) is 24.1 Å². The molecule has 1 unspecified atom stereocenters. The summed E-state index contributed by atoms with van der Waals surface area (Å²) in [5.74, 6) is 0.829. The van der Waals surface area contributed by atoms with E-state index >= 15 is 0 Å². The lowest BCUT2D eigenvalue weighted by Crippen LogP contribution is -2.14. The van der Waals surface area contributed by atoms with Crippen molar-refractivity contribution in [3.63, 3.8) is 0 Å². The van der Waals surface area contributed by atoms with Gasteiger partial charge in [0.25, 0.3) is 0 Å². The quantitative estimate of drug-likeness (QED) is 0.634. The average Bonchev–Trinajstić information content (AvgIpc) is 2.46. The van der Waals surface area contributed by atoms with Gasteiger partial charge in [-0.25, -0.2) is 0 Å². The summed E-state index contributed by atoms with van der Waals surface area (Å²) in [6.45, 7) is 7.35. The number of hydrogen-bond acceptors (Lipinski definition) is 5. The van der Waals surface area contributed by atoms with Crippen molar-refractivity contribution in [3.8, 4) is 5.75 Å². The van der Waals surface area contributed by atoms with E-state index in [1.807, 2.05) is 26.0 Å². The molecule has 1 rings (SSSR count). The topological polar surface area (TPSA) is 62.9 Å². The first-order valence-electron chi connectivity index (χ1n) is 7.28. The van der Waals surface area contributed by atoms with E-state index in [1.54, 1.807) is 7.11 Å². The van der Waals surface area contributed by atoms with Gasteiger partial charge in [-0.1, -0.05) is 17.7 Å². The maximum absolute atomic E-state index is 5.96. The molecule has 0 spiro atoms. The van der Waals surface area contributed by atoms with E-state index in [-0.39, 0.29) is 6.04 Å². The number of aryl methyl sites for hydroxylation is 1. The molecule has 0 aliphatic heterocycles. The molecule has 5 nitrogen and oxygen atoms in total. The largest absolute Gasteiger partial charge is 0.491 e. The van der Waals surface area contributed by atoms with Crippen molar-refractivity contribution < 1.29 is 18.9 Å². The number of ether oxygens (including phenoxy) is 4. The number of rotatable bonds is 11. The summed E-state index contributed by atoms with van der Waals surface area (Å²) in [6, 6.07) is 5.99. The molecule has 0 amide bonds. The molecule has 21 heavy (non-hydrogen) atoms. The Morgan fingerprint density at radius 3 is 2.24 bits per heavy atom. The number of nitrogens with two attached hydrogens (primary N) is 1. The zero-order valence-electron chi connectivity index (χ0n) is 13.3. The van der Waals surface area contributed by atoms with Crippen molar-refractivity contribution in [2.45, 2.75) is 19.9 Å². The Morgan fingerprint density at radius 1 is 1.00 bits per heavy atom. The van der Waals surface area contributed by atoms with E-state index < -0.39 is 0 Å². The molecule has 0 fully saturated rings. The third kappa shape index (κ3) is 7.43. The van der Waals surface area contributed by atoms with Crippen LogP contribution in [0.5, 0.6) is 5.75 Å². The van der Waals surface area contributed by atoms with Crippen molar-refractivity contribution >= 4 is 0 Å². The summed E-state index contributed by atoms with van der Waals surface area (Å²) in [7, 11) is 1.65. The molecule has 0 aliphatic carbocycles. The second kappa shape index (κ2) is 10.6. The van der Waals surface area contributed by atoms with Crippen molar-refractivity contribution in [1.82, 2.24) is 0 Å². The number of methoxy groups -OCH3 is 1. The Morgan fingerprint density at radius 2 is 1.62 bits per heavy atom. The molecule has 0 radical (unpaired) electrons. The Labute approximate surface area is 127 Å². The van der Waals surface area contributed by atoms with Crippen LogP contribution in [0.15, 0.2) is 18.2 Å². The van der Waals surface area contributed by atoms with Crippen LogP contribution in [-0.2, 0) is 14.2 Å². The van der Waals surface area contributed by atoms with Crippen LogP contribution in [0.2, 0.25) is 0 Å². The standard InChI is InChI=1S/C16H27NO4/c1-13-4-5-16(15(12-13)14(2)17)21-11-10-20-9-8-19-7-6-18-3/h4-5,12,14H,6-11,17H2,1-3H3. The summed E-state index contributed by atoms with van der Waals surface area (Å²) in [5, 5.41) is 0. The molecule has 5 heteroatoms. The van der Waals surface area contributed by atoms with Gasteiger partial charge < -0.3 is 24.7 Å². The predicted octanol–water partition coefficient (Wildman–Crippen LogP) is 2.07. The maximum Gasteiger partial charge on any atom is 0.124 e. The Kier molecular flexibility index (Phi) is 9.01. The first kappa shape index (κ1) is 17.9. The minimum atomic E-state index is -0.0463. The van der Waals surface area contributed by atoms with Gasteiger partial charge in [0.05, 0.1) is 33.0 Å². The van der Waals surface area contributed by atoms with E-state index in [0.29, 0.717) is 39.6 Å². The van der Waals surface area contributed by atoms with E-state index in [2.05, 4.69) is 6.07 Å². The lowest BCUT2D eigenvalue weighted by molar-refractivity contribution is 0.0179. The molecule has 120 valence electrons. The minimum Gasteiger partial charge on any atom is -0.491 e. The molecule has 0 bridgehead atoms. The van der Waals surface area contributed by atoms with Crippen molar-refractivity contribution in [3.05, 3.63) is 29.3 Å². The fourth-order valence-electron chi connectivity index (χ4n) is 1.83. The highest BCUT2D eigenvalue weighted by atomic mass is 16.6. The lowest BCUT2D eigenvalue weighted by atomic mass is 10.1. The molecule has 0 saturated heterocycles. The molecule has 0 aromatic heterocycles. The highest BCUT2D eigenvalue weighted by Crippen LogP contribution is 2.24. The zero-order valence-corrected chi connectivity index (χ0v) is 13.3. The average molecular weight is 297 g/mol. The van der Waals surface area contributed by atoms with Gasteiger partial charge in [0.15, 0.2) is 0 Å². The highest BCUT2D eigenvalue weighted by Gasteiger charge is 2.08. The van der Waals surface area contributed by atoms with Crippen LogP contribution in [0.4, 0.5) is 0 Å². The molecule has 0 saturated carbocycles. The van der Waals surface area contributed by atoms with E-state index in [4.69, 9.17) is 24.7 Å². The van der Waals surface area contributed by atoms with Crippen LogP contribution in [-0.4, -0.2) is 46.8 Å². The van der Waals surface area contributed by atoms with Crippen LogP contribution >= 0.6 is 0 Å². The normalized spacial score (nSPS) is 12.4. The maximum atomic E-state index is 5.96. The van der Waals surface area contributed by atoms with Crippen molar-refractivity contribution in [2.75, 3.05) is 46.8 Å². The zero-order chi connectivity index (χ0) is 15.5. The second-order valence-corrected chi connectivity index (χ2v) is 4.90. The van der Waals surface area contributed by atoms with Gasteiger partial charge in [-0.3, -0.25) is 0 Å². The van der Waals surface area contributed by atoms with Crippen LogP contribution in [0, 0.1) is 6.92 Å². The van der Waals surface area contributed by atoms with E-state index in [0.717, 1.165) is 11.3 Å². The predicted molar refractivity (Wildman–Crippen MR) is 82.8 cm³/mol. The number of hydrogen-bond donors (Lipinski definition) is 1. The first-order chi connectivity index (χ1) is 10.1. The summed E-state index contributed by atoms with van der Waals surface area (Å²) in [4.78, 5) is 0.